The van der Waals surface area contributed by atoms with Gasteiger partial charge in [-0.25, -0.2) is 0 Å². The Morgan fingerprint density at radius 2 is 2.44 bits per heavy atom. The monoisotopic (exact) mass is 287 g/mol. The highest BCUT2D eigenvalue weighted by molar-refractivity contribution is 9.10. The van der Waals surface area contributed by atoms with Crippen molar-refractivity contribution in [1.82, 2.24) is 5.32 Å². The van der Waals surface area contributed by atoms with Crippen LogP contribution in [0.15, 0.2) is 21.2 Å². The molecule has 0 radical (unpaired) electrons. The second kappa shape index (κ2) is 5.34. The van der Waals surface area contributed by atoms with Crippen molar-refractivity contribution in [2.24, 2.45) is 5.92 Å². The number of hydrogen-bond donors (Lipinski definition) is 2. The molecule has 0 bridgehead atoms. The molecule has 0 aromatic carbocycles. The lowest BCUT2D eigenvalue weighted by molar-refractivity contribution is 0.129. The molecule has 1 aromatic rings. The summed E-state index contributed by atoms with van der Waals surface area (Å²) in [7, 11) is 0. The molecular weight excluding hydrogens is 270 g/mol. The molecule has 0 spiro atoms. The van der Waals surface area contributed by atoms with Gasteiger partial charge in [-0.2, -0.15) is 0 Å². The minimum absolute atomic E-state index is 0.125. The average molecular weight is 288 g/mol. The van der Waals surface area contributed by atoms with Gasteiger partial charge in [0.25, 0.3) is 0 Å². The number of aliphatic hydroxyl groups excluding tert-OH is 1. The third kappa shape index (κ3) is 2.67. The number of rotatable bonds is 4. The van der Waals surface area contributed by atoms with Crippen LogP contribution < -0.4 is 5.32 Å². The van der Waals surface area contributed by atoms with Crippen LogP contribution in [0, 0.1) is 5.92 Å². The van der Waals surface area contributed by atoms with Gasteiger partial charge in [0.1, 0.15) is 5.76 Å². The number of hydrogen-bond acceptors (Lipinski definition) is 3. The Morgan fingerprint density at radius 1 is 1.62 bits per heavy atom. The summed E-state index contributed by atoms with van der Waals surface area (Å²) in [5.74, 6) is 1.32. The second-order valence-electron chi connectivity index (χ2n) is 4.52. The van der Waals surface area contributed by atoms with Gasteiger partial charge in [0, 0.05) is 6.54 Å². The maximum Gasteiger partial charge on any atom is 0.134 e. The Kier molecular flexibility index (Phi) is 4.05. The Labute approximate surface area is 104 Å². The SMILES string of the molecule is CC(NCC1CCCC1O)c1occc1Br. The van der Waals surface area contributed by atoms with E-state index in [9.17, 15) is 5.11 Å². The van der Waals surface area contributed by atoms with E-state index in [-0.39, 0.29) is 12.1 Å². The normalized spacial score (nSPS) is 27.2. The van der Waals surface area contributed by atoms with Gasteiger partial charge < -0.3 is 14.8 Å². The molecule has 1 aliphatic carbocycles. The quantitative estimate of drug-likeness (QED) is 0.895. The van der Waals surface area contributed by atoms with Gasteiger partial charge in [-0.05, 0) is 47.7 Å². The van der Waals surface area contributed by atoms with E-state index < -0.39 is 0 Å². The predicted octanol–water partition coefficient (Wildman–Crippen LogP) is 2.85. The first-order valence-electron chi connectivity index (χ1n) is 5.83. The molecule has 3 unspecified atom stereocenters. The fraction of sp³-hybridized carbons (Fsp3) is 0.667. The summed E-state index contributed by atoms with van der Waals surface area (Å²) in [6, 6.07) is 2.08. The van der Waals surface area contributed by atoms with Crippen molar-refractivity contribution in [3.8, 4) is 0 Å². The predicted molar refractivity (Wildman–Crippen MR) is 66.2 cm³/mol. The van der Waals surface area contributed by atoms with Crippen molar-refractivity contribution in [2.75, 3.05) is 6.54 Å². The van der Waals surface area contributed by atoms with Gasteiger partial charge in [0.2, 0.25) is 0 Å². The molecular formula is C12H18BrNO2. The fourth-order valence-electron chi connectivity index (χ4n) is 2.29. The molecule has 1 aromatic heterocycles. The lowest BCUT2D eigenvalue weighted by Crippen LogP contribution is -2.29. The highest BCUT2D eigenvalue weighted by atomic mass is 79.9. The van der Waals surface area contributed by atoms with Crippen molar-refractivity contribution >= 4 is 15.9 Å². The molecule has 16 heavy (non-hydrogen) atoms. The van der Waals surface area contributed by atoms with Gasteiger partial charge in [0.15, 0.2) is 0 Å². The molecule has 2 N–H and O–H groups in total. The lowest BCUT2D eigenvalue weighted by atomic mass is 10.1. The van der Waals surface area contributed by atoms with Crippen LogP contribution in [0.4, 0.5) is 0 Å². The Balaban J connectivity index is 1.84. The van der Waals surface area contributed by atoms with Crippen LogP contribution in [0.2, 0.25) is 0 Å². The molecule has 2 rings (SSSR count). The van der Waals surface area contributed by atoms with Gasteiger partial charge in [-0.15, -0.1) is 0 Å². The maximum absolute atomic E-state index is 9.71. The molecule has 0 amide bonds. The van der Waals surface area contributed by atoms with Gasteiger partial charge in [-0.3, -0.25) is 0 Å². The Morgan fingerprint density at radius 3 is 3.00 bits per heavy atom. The maximum atomic E-state index is 9.71. The Hall–Kier alpha value is -0.320. The van der Waals surface area contributed by atoms with Crippen LogP contribution in [-0.2, 0) is 0 Å². The van der Waals surface area contributed by atoms with Crippen molar-refractivity contribution in [2.45, 2.75) is 38.3 Å². The minimum atomic E-state index is -0.125. The molecule has 1 fully saturated rings. The summed E-state index contributed by atoms with van der Waals surface area (Å²) in [4.78, 5) is 0. The van der Waals surface area contributed by atoms with Crippen molar-refractivity contribution in [3.63, 3.8) is 0 Å². The Bertz CT molecular complexity index is 340. The highest BCUT2D eigenvalue weighted by Crippen LogP contribution is 2.27. The van der Waals surface area contributed by atoms with Crippen LogP contribution >= 0.6 is 15.9 Å². The smallest absolute Gasteiger partial charge is 0.134 e. The molecule has 1 aliphatic rings. The minimum Gasteiger partial charge on any atom is -0.466 e. The highest BCUT2D eigenvalue weighted by Gasteiger charge is 2.25. The standard InChI is InChI=1S/C12H18BrNO2/c1-8(12-10(13)5-6-16-12)14-7-9-3-2-4-11(9)15/h5-6,8-9,11,14-15H,2-4,7H2,1H3. The third-order valence-corrected chi connectivity index (χ3v) is 4.00. The first kappa shape index (κ1) is 12.1. The molecule has 3 nitrogen and oxygen atoms in total. The molecule has 4 heteroatoms. The molecule has 0 saturated heterocycles. The van der Waals surface area contributed by atoms with Gasteiger partial charge >= 0.3 is 0 Å². The van der Waals surface area contributed by atoms with E-state index in [0.717, 1.165) is 36.0 Å². The summed E-state index contributed by atoms with van der Waals surface area (Å²) in [5, 5.41) is 13.1. The first-order chi connectivity index (χ1) is 7.68. The van der Waals surface area contributed by atoms with Crippen LogP contribution in [0.1, 0.15) is 38.0 Å². The van der Waals surface area contributed by atoms with E-state index in [4.69, 9.17) is 4.42 Å². The van der Waals surface area contributed by atoms with E-state index in [2.05, 4.69) is 28.2 Å². The van der Waals surface area contributed by atoms with E-state index in [1.807, 2.05) is 6.07 Å². The molecule has 1 heterocycles. The summed E-state index contributed by atoms with van der Waals surface area (Å²) in [6.45, 7) is 2.93. The second-order valence-corrected chi connectivity index (χ2v) is 5.38. The molecule has 1 saturated carbocycles. The van der Waals surface area contributed by atoms with Crippen LogP contribution in [0.5, 0.6) is 0 Å². The average Bonchev–Trinajstić information content (AvgIpc) is 2.84. The summed E-state index contributed by atoms with van der Waals surface area (Å²) < 4.78 is 6.40. The van der Waals surface area contributed by atoms with Crippen LogP contribution in [0.25, 0.3) is 0 Å². The summed E-state index contributed by atoms with van der Waals surface area (Å²) >= 11 is 3.45. The largest absolute Gasteiger partial charge is 0.466 e. The van der Waals surface area contributed by atoms with Crippen molar-refractivity contribution in [3.05, 3.63) is 22.6 Å². The number of aliphatic hydroxyl groups is 1. The fourth-order valence-corrected chi connectivity index (χ4v) is 2.84. The summed E-state index contributed by atoms with van der Waals surface area (Å²) in [6.07, 6.45) is 4.78. The number of halogens is 1. The zero-order chi connectivity index (χ0) is 11.5. The summed E-state index contributed by atoms with van der Waals surface area (Å²) in [5.41, 5.74) is 0. The molecule has 90 valence electrons. The number of furan rings is 1. The van der Waals surface area contributed by atoms with E-state index in [0.29, 0.717) is 5.92 Å². The van der Waals surface area contributed by atoms with E-state index >= 15 is 0 Å². The van der Waals surface area contributed by atoms with Gasteiger partial charge in [-0.1, -0.05) is 6.42 Å². The molecule has 0 aliphatic heterocycles. The van der Waals surface area contributed by atoms with E-state index in [1.165, 1.54) is 0 Å². The van der Waals surface area contributed by atoms with Crippen molar-refractivity contribution < 1.29 is 9.52 Å². The first-order valence-corrected chi connectivity index (χ1v) is 6.62. The van der Waals surface area contributed by atoms with Gasteiger partial charge in [0.05, 0.1) is 22.9 Å². The zero-order valence-corrected chi connectivity index (χ0v) is 11.0. The topological polar surface area (TPSA) is 45.4 Å². The molecule has 3 atom stereocenters. The van der Waals surface area contributed by atoms with Crippen LogP contribution in [0.3, 0.4) is 0 Å². The zero-order valence-electron chi connectivity index (χ0n) is 9.45. The van der Waals surface area contributed by atoms with E-state index in [1.54, 1.807) is 6.26 Å². The number of nitrogens with one attached hydrogen (secondary N) is 1. The third-order valence-electron chi connectivity index (χ3n) is 3.34. The van der Waals surface area contributed by atoms with Crippen molar-refractivity contribution in [1.29, 1.82) is 0 Å². The van der Waals surface area contributed by atoms with Crippen LogP contribution in [-0.4, -0.2) is 17.8 Å². The lowest BCUT2D eigenvalue weighted by Gasteiger charge is -2.18.